The van der Waals surface area contributed by atoms with Gasteiger partial charge in [-0.1, -0.05) is 11.6 Å². The summed E-state index contributed by atoms with van der Waals surface area (Å²) < 4.78 is 5.24. The van der Waals surface area contributed by atoms with E-state index in [0.29, 0.717) is 32.9 Å². The molecule has 112 valence electrons. The molecule has 0 aliphatic rings. The Labute approximate surface area is 130 Å². The van der Waals surface area contributed by atoms with E-state index in [-0.39, 0.29) is 11.5 Å². The molecule has 2 heterocycles. The van der Waals surface area contributed by atoms with Gasteiger partial charge in [0.15, 0.2) is 0 Å². The van der Waals surface area contributed by atoms with Crippen LogP contribution in [0.15, 0.2) is 29.2 Å². The third kappa shape index (κ3) is 2.37. The van der Waals surface area contributed by atoms with Crippen LogP contribution in [-0.2, 0) is 0 Å². The number of halogens is 1. The minimum atomic E-state index is -0.305. The molecular formula is C15H13ClN4O2. The first kappa shape index (κ1) is 14.3. The molecule has 0 unspecified atom stereocenters. The molecule has 22 heavy (non-hydrogen) atoms. The number of anilines is 1. The van der Waals surface area contributed by atoms with Crippen LogP contribution >= 0.6 is 11.6 Å². The molecule has 0 saturated carbocycles. The summed E-state index contributed by atoms with van der Waals surface area (Å²) in [5.41, 5.74) is 7.45. The number of hydrogen-bond acceptors (Lipinski definition) is 5. The van der Waals surface area contributed by atoms with E-state index >= 15 is 0 Å². The molecule has 7 heteroatoms. The van der Waals surface area contributed by atoms with Crippen molar-refractivity contribution in [2.75, 3.05) is 12.8 Å². The number of aromatic amines is 1. The number of nitrogen functional groups attached to an aromatic ring is 1. The van der Waals surface area contributed by atoms with Crippen molar-refractivity contribution in [1.82, 2.24) is 15.0 Å². The predicted molar refractivity (Wildman–Crippen MR) is 86.3 cm³/mol. The van der Waals surface area contributed by atoms with Crippen LogP contribution in [0.25, 0.3) is 22.2 Å². The smallest absolute Gasteiger partial charge is 0.257 e. The quantitative estimate of drug-likeness (QED) is 0.757. The zero-order valence-electron chi connectivity index (χ0n) is 12.0. The lowest BCUT2D eigenvalue weighted by Crippen LogP contribution is -2.11. The summed E-state index contributed by atoms with van der Waals surface area (Å²) in [7, 11) is 1.56. The van der Waals surface area contributed by atoms with Gasteiger partial charge in [-0.05, 0) is 30.7 Å². The van der Waals surface area contributed by atoms with Crippen LogP contribution in [0.5, 0.6) is 5.75 Å². The van der Waals surface area contributed by atoms with Gasteiger partial charge in [-0.15, -0.1) is 0 Å². The number of pyridine rings is 1. The summed E-state index contributed by atoms with van der Waals surface area (Å²) in [5.74, 6) is 0.733. The number of nitrogens with one attached hydrogen (secondary N) is 1. The molecule has 3 rings (SSSR count). The SMILES string of the molecule is COc1cc(C)c(Cl)c(-c2cc3cnc(N)nc3[nH]c2=O)c1. The number of aryl methyl sites for hydroxylation is 1. The van der Waals surface area contributed by atoms with Crippen LogP contribution in [-0.4, -0.2) is 22.1 Å². The maximum atomic E-state index is 12.4. The van der Waals surface area contributed by atoms with E-state index < -0.39 is 0 Å². The molecule has 2 aromatic heterocycles. The third-order valence-corrected chi connectivity index (χ3v) is 3.87. The molecule has 3 N–H and O–H groups in total. The first-order chi connectivity index (χ1) is 10.5. The Kier molecular flexibility index (Phi) is 3.46. The molecule has 3 aromatic rings. The van der Waals surface area contributed by atoms with Gasteiger partial charge >= 0.3 is 0 Å². The van der Waals surface area contributed by atoms with E-state index in [0.717, 1.165) is 5.56 Å². The Morgan fingerprint density at radius 2 is 2.05 bits per heavy atom. The largest absolute Gasteiger partial charge is 0.497 e. The Morgan fingerprint density at radius 3 is 2.77 bits per heavy atom. The number of benzene rings is 1. The highest BCUT2D eigenvalue weighted by Crippen LogP contribution is 2.33. The van der Waals surface area contributed by atoms with Crippen molar-refractivity contribution >= 4 is 28.6 Å². The highest BCUT2D eigenvalue weighted by molar-refractivity contribution is 6.34. The third-order valence-electron chi connectivity index (χ3n) is 3.37. The van der Waals surface area contributed by atoms with Gasteiger partial charge in [-0.2, -0.15) is 4.98 Å². The number of hydrogen-bond donors (Lipinski definition) is 2. The van der Waals surface area contributed by atoms with Gasteiger partial charge in [0, 0.05) is 22.7 Å². The number of fused-ring (bicyclic) bond motifs is 1. The Morgan fingerprint density at radius 1 is 1.27 bits per heavy atom. The minimum absolute atomic E-state index is 0.103. The normalized spacial score (nSPS) is 10.9. The molecule has 0 bridgehead atoms. The second-order valence-corrected chi connectivity index (χ2v) is 5.23. The van der Waals surface area contributed by atoms with E-state index in [2.05, 4.69) is 15.0 Å². The standard InChI is InChI=1S/C15H13ClN4O2/c1-7-3-9(22-2)5-10(12(7)16)11-4-8-6-18-15(17)20-13(8)19-14(11)21/h3-6H,1-2H3,(H3,17,18,19,20,21). The second-order valence-electron chi connectivity index (χ2n) is 4.85. The molecule has 0 aliphatic heterocycles. The van der Waals surface area contributed by atoms with Gasteiger partial charge in [-0.3, -0.25) is 4.79 Å². The van der Waals surface area contributed by atoms with Crippen molar-refractivity contribution in [1.29, 1.82) is 0 Å². The van der Waals surface area contributed by atoms with Crippen LogP contribution in [0.2, 0.25) is 5.02 Å². The highest BCUT2D eigenvalue weighted by Gasteiger charge is 2.13. The fourth-order valence-corrected chi connectivity index (χ4v) is 2.47. The maximum absolute atomic E-state index is 12.4. The lowest BCUT2D eigenvalue weighted by Gasteiger charge is -2.10. The second kappa shape index (κ2) is 5.31. The van der Waals surface area contributed by atoms with Crippen molar-refractivity contribution in [3.8, 4) is 16.9 Å². The number of nitrogens with two attached hydrogens (primary N) is 1. The maximum Gasteiger partial charge on any atom is 0.257 e. The Balaban J connectivity index is 2.31. The van der Waals surface area contributed by atoms with Gasteiger partial charge < -0.3 is 15.5 Å². The Bertz CT molecular complexity index is 937. The molecule has 0 spiro atoms. The van der Waals surface area contributed by atoms with Gasteiger partial charge in [0.05, 0.1) is 12.1 Å². The van der Waals surface area contributed by atoms with Crippen LogP contribution in [0.3, 0.4) is 0 Å². The van der Waals surface area contributed by atoms with Crippen molar-refractivity contribution in [3.63, 3.8) is 0 Å². The van der Waals surface area contributed by atoms with Crippen LogP contribution in [0.1, 0.15) is 5.56 Å². The van der Waals surface area contributed by atoms with E-state index in [9.17, 15) is 4.79 Å². The van der Waals surface area contributed by atoms with Gasteiger partial charge in [0.2, 0.25) is 5.95 Å². The molecule has 0 saturated heterocycles. The van der Waals surface area contributed by atoms with Crippen molar-refractivity contribution < 1.29 is 4.74 Å². The van der Waals surface area contributed by atoms with Crippen LogP contribution < -0.4 is 16.0 Å². The molecular weight excluding hydrogens is 304 g/mol. The van der Waals surface area contributed by atoms with Crippen molar-refractivity contribution in [3.05, 3.63) is 45.3 Å². The average molecular weight is 317 g/mol. The summed E-state index contributed by atoms with van der Waals surface area (Å²) in [4.78, 5) is 23.0. The number of nitrogens with zero attached hydrogens (tertiary/aromatic N) is 2. The summed E-state index contributed by atoms with van der Waals surface area (Å²) in [6.07, 6.45) is 1.55. The molecule has 0 fully saturated rings. The van der Waals surface area contributed by atoms with Gasteiger partial charge in [-0.25, -0.2) is 4.98 Å². The number of ether oxygens (including phenoxy) is 1. The van der Waals surface area contributed by atoms with E-state index in [1.165, 1.54) is 0 Å². The lowest BCUT2D eigenvalue weighted by atomic mass is 10.0. The number of aromatic nitrogens is 3. The Hall–Kier alpha value is -2.60. The first-order valence-electron chi connectivity index (χ1n) is 6.49. The van der Waals surface area contributed by atoms with Gasteiger partial charge in [0.25, 0.3) is 5.56 Å². The molecule has 6 nitrogen and oxygen atoms in total. The predicted octanol–water partition coefficient (Wildman–Crippen LogP) is 2.54. The lowest BCUT2D eigenvalue weighted by molar-refractivity contribution is 0.414. The number of methoxy groups -OCH3 is 1. The fraction of sp³-hybridized carbons (Fsp3) is 0.133. The van der Waals surface area contributed by atoms with E-state index in [4.69, 9.17) is 22.1 Å². The average Bonchev–Trinajstić information content (AvgIpc) is 2.49. The zero-order chi connectivity index (χ0) is 15.9. The minimum Gasteiger partial charge on any atom is -0.497 e. The number of rotatable bonds is 2. The molecule has 0 aliphatic carbocycles. The summed E-state index contributed by atoms with van der Waals surface area (Å²) in [5, 5.41) is 1.17. The van der Waals surface area contributed by atoms with Crippen molar-refractivity contribution in [2.24, 2.45) is 0 Å². The van der Waals surface area contributed by atoms with Crippen LogP contribution in [0, 0.1) is 6.92 Å². The van der Waals surface area contributed by atoms with Gasteiger partial charge in [0.1, 0.15) is 11.4 Å². The molecule has 0 radical (unpaired) electrons. The van der Waals surface area contributed by atoms with Crippen LogP contribution in [0.4, 0.5) is 5.95 Å². The number of H-pyrrole nitrogens is 1. The summed E-state index contributed by atoms with van der Waals surface area (Å²) in [6.45, 7) is 1.85. The van der Waals surface area contributed by atoms with E-state index in [1.807, 2.05) is 13.0 Å². The molecule has 0 amide bonds. The molecule has 0 atom stereocenters. The molecule has 1 aromatic carbocycles. The zero-order valence-corrected chi connectivity index (χ0v) is 12.7. The fourth-order valence-electron chi connectivity index (χ4n) is 2.26. The van der Waals surface area contributed by atoms with E-state index in [1.54, 1.807) is 25.4 Å². The monoisotopic (exact) mass is 316 g/mol. The first-order valence-corrected chi connectivity index (χ1v) is 6.87. The summed E-state index contributed by atoms with van der Waals surface area (Å²) in [6, 6.07) is 5.22. The highest BCUT2D eigenvalue weighted by atomic mass is 35.5. The van der Waals surface area contributed by atoms with Crippen molar-refractivity contribution in [2.45, 2.75) is 6.92 Å². The topological polar surface area (TPSA) is 93.9 Å². The summed E-state index contributed by atoms with van der Waals surface area (Å²) >= 11 is 6.35.